The molecule has 0 atom stereocenters. The van der Waals surface area contributed by atoms with Crippen molar-refractivity contribution < 1.29 is 13.9 Å². The number of carbonyl (C=O) groups excluding carboxylic acids is 1. The molecule has 0 unspecified atom stereocenters. The van der Waals surface area contributed by atoms with Crippen LogP contribution in [0.1, 0.15) is 28.1 Å². The Morgan fingerprint density at radius 3 is 2.52 bits per heavy atom. The highest BCUT2D eigenvalue weighted by molar-refractivity contribution is 6.30. The monoisotopic (exact) mass is 432 g/mol. The minimum atomic E-state index is -0.441. The molecule has 3 aromatic rings. The molecule has 2 aromatic carbocycles. The number of aromatic nitrogens is 1. The van der Waals surface area contributed by atoms with E-state index < -0.39 is 11.7 Å². The maximum absolute atomic E-state index is 14.0. The fourth-order valence-electron chi connectivity index (χ4n) is 2.87. The third kappa shape index (κ3) is 5.68. The quantitative estimate of drug-likeness (QED) is 0.568. The zero-order valence-corrected chi connectivity index (χ0v) is 17.2. The molecule has 0 saturated heterocycles. The van der Waals surface area contributed by atoms with E-state index in [4.69, 9.17) is 33.7 Å². The zero-order valence-electron chi connectivity index (χ0n) is 15.7. The van der Waals surface area contributed by atoms with Gasteiger partial charge >= 0.3 is 0 Å². The Morgan fingerprint density at radius 1 is 1.07 bits per heavy atom. The third-order valence-electron chi connectivity index (χ3n) is 4.39. The number of aryl methyl sites for hydroxylation is 1. The first kappa shape index (κ1) is 21.1. The van der Waals surface area contributed by atoms with Crippen LogP contribution in [0, 0.1) is 12.7 Å². The van der Waals surface area contributed by atoms with Crippen LogP contribution < -0.4 is 10.5 Å². The third-order valence-corrected chi connectivity index (χ3v) is 4.86. The molecule has 1 amide bonds. The number of pyridine rings is 1. The molecule has 3 rings (SSSR count). The van der Waals surface area contributed by atoms with Crippen LogP contribution in [0.5, 0.6) is 5.75 Å². The van der Waals surface area contributed by atoms with E-state index in [1.807, 2.05) is 13.0 Å². The molecule has 0 aliphatic heterocycles. The minimum absolute atomic E-state index is 0.0474. The van der Waals surface area contributed by atoms with Gasteiger partial charge in [-0.1, -0.05) is 35.3 Å². The fraction of sp³-hybridized carbons (Fsp3) is 0.182. The Bertz CT molecular complexity index is 1060. The highest BCUT2D eigenvalue weighted by atomic mass is 35.5. The summed E-state index contributed by atoms with van der Waals surface area (Å²) in [4.78, 5) is 15.7. The van der Waals surface area contributed by atoms with Crippen molar-refractivity contribution in [2.24, 2.45) is 5.73 Å². The van der Waals surface area contributed by atoms with Crippen molar-refractivity contribution in [3.05, 3.63) is 92.5 Å². The number of nitrogens with two attached hydrogens (primary N) is 1. The number of hydrogen-bond acceptors (Lipinski definition) is 3. The number of nitrogens with zero attached hydrogens (tertiary/aromatic N) is 1. The lowest BCUT2D eigenvalue weighted by Crippen LogP contribution is -2.15. The predicted octanol–water partition coefficient (Wildman–Crippen LogP) is 5.03. The van der Waals surface area contributed by atoms with Crippen LogP contribution in [0.15, 0.2) is 48.5 Å². The van der Waals surface area contributed by atoms with Gasteiger partial charge in [-0.15, -0.1) is 0 Å². The number of carbonyl (C=O) groups is 1. The van der Waals surface area contributed by atoms with Crippen molar-refractivity contribution in [1.29, 1.82) is 0 Å². The molecule has 150 valence electrons. The van der Waals surface area contributed by atoms with E-state index in [2.05, 4.69) is 4.98 Å². The van der Waals surface area contributed by atoms with Gasteiger partial charge in [-0.2, -0.15) is 0 Å². The Kier molecular flexibility index (Phi) is 6.72. The maximum atomic E-state index is 14.0. The average molecular weight is 433 g/mol. The molecule has 1 aromatic heterocycles. The van der Waals surface area contributed by atoms with Crippen LogP contribution in [0.2, 0.25) is 10.0 Å². The van der Waals surface area contributed by atoms with E-state index in [1.54, 1.807) is 36.4 Å². The summed E-state index contributed by atoms with van der Waals surface area (Å²) >= 11 is 12.0. The summed E-state index contributed by atoms with van der Waals surface area (Å²) in [5.41, 5.74) is 8.82. The predicted molar refractivity (Wildman–Crippen MR) is 112 cm³/mol. The summed E-state index contributed by atoms with van der Waals surface area (Å²) in [6.45, 7) is 1.98. The molecular weight excluding hydrogens is 414 g/mol. The van der Waals surface area contributed by atoms with E-state index >= 15 is 0 Å². The number of amides is 1. The number of primary amides is 1. The lowest BCUT2D eigenvalue weighted by Gasteiger charge is -2.14. The normalized spacial score (nSPS) is 10.8. The van der Waals surface area contributed by atoms with Crippen LogP contribution in [0.4, 0.5) is 4.39 Å². The Hall–Kier alpha value is -2.63. The molecule has 7 heteroatoms. The van der Waals surface area contributed by atoms with Crippen molar-refractivity contribution in [2.45, 2.75) is 26.4 Å². The van der Waals surface area contributed by atoms with Gasteiger partial charge in [0.15, 0.2) is 0 Å². The Morgan fingerprint density at radius 2 is 1.79 bits per heavy atom. The Labute approximate surface area is 178 Å². The van der Waals surface area contributed by atoms with Crippen LogP contribution in [-0.2, 0) is 24.2 Å². The van der Waals surface area contributed by atoms with Gasteiger partial charge in [-0.05, 0) is 48.9 Å². The maximum Gasteiger partial charge on any atom is 0.223 e. The number of halogens is 3. The highest BCUT2D eigenvalue weighted by Crippen LogP contribution is 2.27. The van der Waals surface area contributed by atoms with E-state index in [1.165, 1.54) is 6.07 Å². The molecule has 2 N–H and O–H groups in total. The molecule has 0 fully saturated rings. The van der Waals surface area contributed by atoms with Crippen molar-refractivity contribution in [1.82, 2.24) is 4.98 Å². The molecular formula is C22H19Cl2FN2O2. The molecule has 0 bridgehead atoms. The summed E-state index contributed by atoms with van der Waals surface area (Å²) in [6, 6.07) is 13.4. The first-order chi connectivity index (χ1) is 13.8. The van der Waals surface area contributed by atoms with Gasteiger partial charge < -0.3 is 10.5 Å². The Balaban J connectivity index is 1.84. The molecule has 4 nitrogen and oxygen atoms in total. The van der Waals surface area contributed by atoms with Crippen molar-refractivity contribution in [3.8, 4) is 5.75 Å². The second-order valence-electron chi connectivity index (χ2n) is 6.66. The number of rotatable bonds is 7. The fourth-order valence-corrected chi connectivity index (χ4v) is 3.23. The molecule has 0 saturated carbocycles. The topological polar surface area (TPSA) is 65.2 Å². The van der Waals surface area contributed by atoms with Crippen LogP contribution in [0.3, 0.4) is 0 Å². The number of ether oxygens (including phenoxy) is 1. The highest BCUT2D eigenvalue weighted by Gasteiger charge is 2.12. The van der Waals surface area contributed by atoms with E-state index in [0.717, 1.165) is 16.8 Å². The van der Waals surface area contributed by atoms with Crippen LogP contribution in [-0.4, -0.2) is 10.9 Å². The molecule has 29 heavy (non-hydrogen) atoms. The lowest BCUT2D eigenvalue weighted by atomic mass is 10.0. The number of hydrogen-bond donors (Lipinski definition) is 1. The largest absolute Gasteiger partial charge is 0.489 e. The molecule has 0 radical (unpaired) electrons. The van der Waals surface area contributed by atoms with Crippen LogP contribution >= 0.6 is 23.2 Å². The first-order valence-electron chi connectivity index (χ1n) is 8.90. The van der Waals surface area contributed by atoms with Gasteiger partial charge in [0.1, 0.15) is 18.2 Å². The van der Waals surface area contributed by atoms with Crippen molar-refractivity contribution in [3.63, 3.8) is 0 Å². The second-order valence-corrected chi connectivity index (χ2v) is 7.54. The van der Waals surface area contributed by atoms with E-state index in [9.17, 15) is 9.18 Å². The smallest absolute Gasteiger partial charge is 0.223 e. The van der Waals surface area contributed by atoms with E-state index in [0.29, 0.717) is 33.5 Å². The molecule has 0 aliphatic carbocycles. The zero-order chi connectivity index (χ0) is 21.0. The first-order valence-corrected chi connectivity index (χ1v) is 9.66. The van der Waals surface area contributed by atoms with Crippen molar-refractivity contribution >= 4 is 29.1 Å². The summed E-state index contributed by atoms with van der Waals surface area (Å²) in [6.07, 6.45) is 0.513. The van der Waals surface area contributed by atoms with Gasteiger partial charge in [0, 0.05) is 33.3 Å². The van der Waals surface area contributed by atoms with Gasteiger partial charge in [0.05, 0.1) is 12.1 Å². The summed E-state index contributed by atoms with van der Waals surface area (Å²) in [7, 11) is 0. The summed E-state index contributed by atoms with van der Waals surface area (Å²) in [5.74, 6) is -0.293. The van der Waals surface area contributed by atoms with Crippen molar-refractivity contribution in [2.75, 3.05) is 0 Å². The molecule has 0 spiro atoms. The second kappa shape index (κ2) is 9.25. The number of benzene rings is 2. The average Bonchev–Trinajstić information content (AvgIpc) is 2.64. The van der Waals surface area contributed by atoms with Gasteiger partial charge in [0.2, 0.25) is 5.91 Å². The standard InChI is InChI=1S/C22H19Cl2FN2O2/c1-13-2-6-18(11-22(26)28)27-20(13)9-15-8-16(23)5-7-21(15)29-12-14-3-4-17(24)10-19(14)25/h2-8,10H,9,11-12H2,1H3,(H2,26,28). The summed E-state index contributed by atoms with van der Waals surface area (Å²) < 4.78 is 19.9. The van der Waals surface area contributed by atoms with E-state index in [-0.39, 0.29) is 13.0 Å². The van der Waals surface area contributed by atoms with Crippen LogP contribution in [0.25, 0.3) is 0 Å². The van der Waals surface area contributed by atoms with Gasteiger partial charge in [-0.3, -0.25) is 9.78 Å². The summed E-state index contributed by atoms with van der Waals surface area (Å²) in [5, 5.41) is 0.881. The minimum Gasteiger partial charge on any atom is -0.489 e. The molecule has 0 aliphatic rings. The van der Waals surface area contributed by atoms with Gasteiger partial charge in [-0.25, -0.2) is 4.39 Å². The van der Waals surface area contributed by atoms with Gasteiger partial charge in [0.25, 0.3) is 0 Å². The molecule has 1 heterocycles. The SMILES string of the molecule is Cc1ccc(CC(N)=O)nc1Cc1cc(Cl)ccc1OCc1ccc(Cl)cc1F. The lowest BCUT2D eigenvalue weighted by molar-refractivity contribution is -0.117.